The van der Waals surface area contributed by atoms with Crippen molar-refractivity contribution in [2.45, 2.75) is 53.5 Å². The molecule has 1 rings (SSSR count). The Balaban J connectivity index is 2.81. The summed E-state index contributed by atoms with van der Waals surface area (Å²) in [6, 6.07) is 0. The molecule has 3 nitrogen and oxygen atoms in total. The third-order valence-electron chi connectivity index (χ3n) is 2.55. The van der Waals surface area contributed by atoms with Crippen LogP contribution in [-0.2, 0) is 13.0 Å². The predicted octanol–water partition coefficient (Wildman–Crippen LogP) is 2.90. The van der Waals surface area contributed by atoms with E-state index in [2.05, 4.69) is 25.9 Å². The number of hydrogen-bond acceptors (Lipinski definition) is 2. The van der Waals surface area contributed by atoms with Gasteiger partial charge >= 0.3 is 0 Å². The van der Waals surface area contributed by atoms with E-state index in [1.165, 1.54) is 0 Å². The van der Waals surface area contributed by atoms with Crippen LogP contribution >= 0.6 is 0 Å². The monoisotopic (exact) mass is 210 g/mol. The van der Waals surface area contributed by atoms with E-state index in [0.717, 1.165) is 37.2 Å². The van der Waals surface area contributed by atoms with Gasteiger partial charge in [-0.25, -0.2) is 0 Å². The second kappa shape index (κ2) is 5.19. The van der Waals surface area contributed by atoms with E-state index in [9.17, 15) is 5.11 Å². The van der Waals surface area contributed by atoms with E-state index in [1.54, 1.807) is 0 Å². The van der Waals surface area contributed by atoms with Crippen molar-refractivity contribution >= 4 is 0 Å². The van der Waals surface area contributed by atoms with E-state index < -0.39 is 0 Å². The summed E-state index contributed by atoms with van der Waals surface area (Å²) in [7, 11) is 0. The Morgan fingerprint density at radius 1 is 1.40 bits per heavy atom. The molecule has 0 fully saturated rings. The molecule has 0 unspecified atom stereocenters. The normalized spacial score (nSPS) is 11.3. The number of aryl methyl sites for hydroxylation is 1. The molecule has 0 saturated heterocycles. The van der Waals surface area contributed by atoms with Crippen molar-refractivity contribution < 1.29 is 5.11 Å². The van der Waals surface area contributed by atoms with Crippen molar-refractivity contribution in [1.82, 2.24) is 9.78 Å². The van der Waals surface area contributed by atoms with E-state index in [0.29, 0.717) is 11.7 Å². The lowest BCUT2D eigenvalue weighted by molar-refractivity contribution is 0.451. The van der Waals surface area contributed by atoms with Gasteiger partial charge in [-0.2, -0.15) is 5.10 Å². The van der Waals surface area contributed by atoms with Crippen LogP contribution in [0.5, 0.6) is 5.75 Å². The molecule has 0 spiro atoms. The first kappa shape index (κ1) is 12.1. The highest BCUT2D eigenvalue weighted by Crippen LogP contribution is 2.23. The molecule has 1 heterocycles. The lowest BCUT2D eigenvalue weighted by Crippen LogP contribution is -2.07. The molecule has 0 aromatic carbocycles. The minimum absolute atomic E-state index is 0.393. The summed E-state index contributed by atoms with van der Waals surface area (Å²) < 4.78 is 1.92. The second-order valence-electron chi connectivity index (χ2n) is 4.56. The zero-order chi connectivity index (χ0) is 11.4. The van der Waals surface area contributed by atoms with Gasteiger partial charge in [0.2, 0.25) is 0 Å². The van der Waals surface area contributed by atoms with Crippen LogP contribution in [0.25, 0.3) is 0 Å². The van der Waals surface area contributed by atoms with Gasteiger partial charge in [-0.05, 0) is 25.7 Å². The smallest absolute Gasteiger partial charge is 0.159 e. The van der Waals surface area contributed by atoms with Crippen molar-refractivity contribution in [3.8, 4) is 5.75 Å². The highest BCUT2D eigenvalue weighted by molar-refractivity contribution is 5.31. The van der Waals surface area contributed by atoms with Gasteiger partial charge in [-0.15, -0.1) is 0 Å². The minimum atomic E-state index is 0.393. The molecule has 1 N–H and O–H groups in total. The molecule has 1 aromatic heterocycles. The van der Waals surface area contributed by atoms with Gasteiger partial charge in [0.05, 0.1) is 5.69 Å². The fourth-order valence-electron chi connectivity index (χ4n) is 1.64. The number of unbranched alkanes of at least 4 members (excludes halogenated alkanes) is 1. The summed E-state index contributed by atoms with van der Waals surface area (Å²) in [4.78, 5) is 0. The first-order valence-corrected chi connectivity index (χ1v) is 5.81. The van der Waals surface area contributed by atoms with Gasteiger partial charge in [0.1, 0.15) is 5.69 Å². The molecule has 0 aliphatic carbocycles. The van der Waals surface area contributed by atoms with Gasteiger partial charge in [0, 0.05) is 6.54 Å². The Morgan fingerprint density at radius 2 is 2.07 bits per heavy atom. The van der Waals surface area contributed by atoms with E-state index in [-0.39, 0.29) is 0 Å². The van der Waals surface area contributed by atoms with Crippen LogP contribution in [0.3, 0.4) is 0 Å². The van der Waals surface area contributed by atoms with E-state index in [4.69, 9.17) is 0 Å². The standard InChI is InChI=1S/C12H22N2O/c1-5-6-7-11-12(15)10(4)14(13-11)8-9(2)3/h9,15H,5-8H2,1-4H3. The van der Waals surface area contributed by atoms with Crippen LogP contribution < -0.4 is 0 Å². The lowest BCUT2D eigenvalue weighted by atomic mass is 10.2. The molecule has 1 aromatic rings. The first-order chi connectivity index (χ1) is 7.06. The van der Waals surface area contributed by atoms with E-state index >= 15 is 0 Å². The summed E-state index contributed by atoms with van der Waals surface area (Å²) in [5, 5.41) is 14.3. The maximum atomic E-state index is 9.87. The van der Waals surface area contributed by atoms with Crippen LogP contribution in [0.15, 0.2) is 0 Å². The number of rotatable bonds is 5. The fraction of sp³-hybridized carbons (Fsp3) is 0.750. The Morgan fingerprint density at radius 3 is 2.60 bits per heavy atom. The minimum Gasteiger partial charge on any atom is -0.504 e. The Bertz CT molecular complexity index is 316. The molecule has 0 bridgehead atoms. The third-order valence-corrected chi connectivity index (χ3v) is 2.55. The topological polar surface area (TPSA) is 38.0 Å². The summed E-state index contributed by atoms with van der Waals surface area (Å²) in [5.41, 5.74) is 1.75. The summed E-state index contributed by atoms with van der Waals surface area (Å²) in [5.74, 6) is 0.950. The first-order valence-electron chi connectivity index (χ1n) is 5.81. The van der Waals surface area contributed by atoms with Gasteiger partial charge < -0.3 is 5.11 Å². The van der Waals surface area contributed by atoms with Crippen LogP contribution in [0.2, 0.25) is 0 Å². The maximum absolute atomic E-state index is 9.87. The highest BCUT2D eigenvalue weighted by Gasteiger charge is 2.13. The van der Waals surface area contributed by atoms with Gasteiger partial charge in [-0.3, -0.25) is 4.68 Å². The Hall–Kier alpha value is -0.990. The average Bonchev–Trinajstić information content (AvgIpc) is 2.42. The van der Waals surface area contributed by atoms with Crippen LogP contribution in [-0.4, -0.2) is 14.9 Å². The highest BCUT2D eigenvalue weighted by atomic mass is 16.3. The van der Waals surface area contributed by atoms with E-state index in [1.807, 2.05) is 11.6 Å². The zero-order valence-electron chi connectivity index (χ0n) is 10.2. The number of hydrogen-bond donors (Lipinski definition) is 1. The summed E-state index contributed by atoms with van der Waals surface area (Å²) in [6.45, 7) is 9.27. The van der Waals surface area contributed by atoms with Crippen molar-refractivity contribution in [3.63, 3.8) is 0 Å². The second-order valence-corrected chi connectivity index (χ2v) is 4.56. The van der Waals surface area contributed by atoms with Gasteiger partial charge in [0.15, 0.2) is 5.75 Å². The van der Waals surface area contributed by atoms with Crippen molar-refractivity contribution in [1.29, 1.82) is 0 Å². The molecule has 15 heavy (non-hydrogen) atoms. The predicted molar refractivity (Wildman–Crippen MR) is 62.1 cm³/mol. The SMILES string of the molecule is CCCCc1nn(CC(C)C)c(C)c1O. The number of aromatic hydroxyl groups is 1. The molecule has 0 saturated carbocycles. The lowest BCUT2D eigenvalue weighted by Gasteiger charge is -2.06. The molecule has 86 valence electrons. The Kier molecular flexibility index (Phi) is 4.18. The number of aromatic nitrogens is 2. The van der Waals surface area contributed by atoms with Gasteiger partial charge in [0.25, 0.3) is 0 Å². The van der Waals surface area contributed by atoms with Crippen molar-refractivity contribution in [2.24, 2.45) is 5.92 Å². The zero-order valence-corrected chi connectivity index (χ0v) is 10.2. The average molecular weight is 210 g/mol. The fourth-order valence-corrected chi connectivity index (χ4v) is 1.64. The van der Waals surface area contributed by atoms with Crippen molar-refractivity contribution in [3.05, 3.63) is 11.4 Å². The van der Waals surface area contributed by atoms with Crippen LogP contribution in [0, 0.1) is 12.8 Å². The molecule has 0 aliphatic heterocycles. The molecule has 3 heteroatoms. The quantitative estimate of drug-likeness (QED) is 0.811. The largest absolute Gasteiger partial charge is 0.504 e. The molecule has 0 amide bonds. The summed E-state index contributed by atoms with van der Waals surface area (Å²) in [6.07, 6.45) is 3.11. The summed E-state index contributed by atoms with van der Waals surface area (Å²) >= 11 is 0. The van der Waals surface area contributed by atoms with Crippen LogP contribution in [0.1, 0.15) is 45.0 Å². The molecule has 0 aliphatic rings. The molecular formula is C12H22N2O. The van der Waals surface area contributed by atoms with Gasteiger partial charge in [-0.1, -0.05) is 27.2 Å². The number of nitrogens with zero attached hydrogens (tertiary/aromatic N) is 2. The third kappa shape index (κ3) is 2.98. The van der Waals surface area contributed by atoms with Crippen molar-refractivity contribution in [2.75, 3.05) is 0 Å². The molecule has 0 radical (unpaired) electrons. The maximum Gasteiger partial charge on any atom is 0.159 e. The van der Waals surface area contributed by atoms with Crippen LogP contribution in [0.4, 0.5) is 0 Å². The molecular weight excluding hydrogens is 188 g/mol. The molecule has 0 atom stereocenters. The Labute approximate surface area is 92.1 Å².